The molecule has 4 aromatic rings. The number of nitrogens with zero attached hydrogens (tertiary/aromatic N) is 5. The fourth-order valence-electron chi connectivity index (χ4n) is 3.78. The van der Waals surface area contributed by atoms with Crippen molar-refractivity contribution >= 4 is 45.2 Å². The van der Waals surface area contributed by atoms with Gasteiger partial charge in [-0.3, -0.25) is 0 Å². The third-order valence-corrected chi connectivity index (χ3v) is 6.59. The molecule has 1 aliphatic rings. The molecule has 7 nitrogen and oxygen atoms in total. The summed E-state index contributed by atoms with van der Waals surface area (Å²) in [5, 5.41) is 3.69. The molecule has 1 aliphatic heterocycles. The Morgan fingerprint density at radius 3 is 2.50 bits per heavy atom. The van der Waals surface area contributed by atoms with Crippen molar-refractivity contribution in [3.63, 3.8) is 0 Å². The van der Waals surface area contributed by atoms with Crippen LogP contribution in [0.3, 0.4) is 0 Å². The molecule has 162 valence electrons. The number of anilines is 1. The summed E-state index contributed by atoms with van der Waals surface area (Å²) in [5.74, 6) is 0.872. The van der Waals surface area contributed by atoms with E-state index >= 15 is 0 Å². The summed E-state index contributed by atoms with van der Waals surface area (Å²) >= 11 is 7.42. The van der Waals surface area contributed by atoms with Crippen LogP contribution < -0.4 is 10.2 Å². The molecule has 0 radical (unpaired) electrons. The van der Waals surface area contributed by atoms with Crippen LogP contribution in [-0.4, -0.2) is 51.5 Å². The van der Waals surface area contributed by atoms with Crippen LogP contribution in [0, 0.1) is 0 Å². The summed E-state index contributed by atoms with van der Waals surface area (Å²) in [6, 6.07) is 17.5. The van der Waals surface area contributed by atoms with E-state index in [0.717, 1.165) is 32.9 Å². The molecule has 5 rings (SSSR count). The Hall–Kier alpha value is -3.23. The number of carbonyl (C=O) groups excluding carboxylic acids is 1. The zero-order chi connectivity index (χ0) is 21.9. The molecule has 2 aromatic heterocycles. The molecule has 0 saturated carbocycles. The van der Waals surface area contributed by atoms with Gasteiger partial charge in [0.2, 0.25) is 0 Å². The van der Waals surface area contributed by atoms with Crippen LogP contribution in [0.5, 0.6) is 0 Å². The maximum Gasteiger partial charge on any atom is 0.317 e. The predicted molar refractivity (Wildman–Crippen MR) is 128 cm³/mol. The molecule has 2 aromatic carbocycles. The SMILES string of the molecule is O=C(NCc1ccccc1)N1CCN(c2ncnc3c(-c4ccc(Cl)cc4)nsc23)CC1. The maximum atomic E-state index is 12.6. The second kappa shape index (κ2) is 9.10. The molecule has 0 bridgehead atoms. The lowest BCUT2D eigenvalue weighted by Gasteiger charge is -2.35. The van der Waals surface area contributed by atoms with Crippen molar-refractivity contribution in [2.45, 2.75) is 6.54 Å². The molecular formula is C23H21ClN6OS. The van der Waals surface area contributed by atoms with Gasteiger partial charge in [-0.05, 0) is 29.2 Å². The fraction of sp³-hybridized carbons (Fsp3) is 0.217. The number of halogens is 1. The Morgan fingerprint density at radius 2 is 1.75 bits per heavy atom. The van der Waals surface area contributed by atoms with E-state index in [1.54, 1.807) is 6.33 Å². The third kappa shape index (κ3) is 4.24. The van der Waals surface area contributed by atoms with Gasteiger partial charge in [0.25, 0.3) is 0 Å². The van der Waals surface area contributed by atoms with Crippen molar-refractivity contribution < 1.29 is 4.79 Å². The van der Waals surface area contributed by atoms with E-state index in [9.17, 15) is 4.79 Å². The molecular weight excluding hydrogens is 444 g/mol. The number of benzene rings is 2. The van der Waals surface area contributed by atoms with Crippen molar-refractivity contribution in [1.82, 2.24) is 24.6 Å². The average molecular weight is 465 g/mol. The minimum absolute atomic E-state index is 0.0378. The van der Waals surface area contributed by atoms with Crippen molar-refractivity contribution in [1.29, 1.82) is 0 Å². The molecule has 1 N–H and O–H groups in total. The highest BCUT2D eigenvalue weighted by molar-refractivity contribution is 7.14. The highest BCUT2D eigenvalue weighted by Crippen LogP contribution is 2.34. The third-order valence-electron chi connectivity index (χ3n) is 5.51. The molecule has 1 saturated heterocycles. The van der Waals surface area contributed by atoms with Gasteiger partial charge in [-0.15, -0.1) is 0 Å². The number of fused-ring (bicyclic) bond motifs is 1. The molecule has 2 amide bonds. The molecule has 32 heavy (non-hydrogen) atoms. The average Bonchev–Trinajstić information content (AvgIpc) is 3.28. The van der Waals surface area contributed by atoms with Crippen molar-refractivity contribution in [2.75, 3.05) is 31.1 Å². The molecule has 0 unspecified atom stereocenters. The van der Waals surface area contributed by atoms with E-state index in [4.69, 9.17) is 11.6 Å². The van der Waals surface area contributed by atoms with Gasteiger partial charge in [-0.1, -0.05) is 54.1 Å². The Morgan fingerprint density at radius 1 is 1.00 bits per heavy atom. The summed E-state index contributed by atoms with van der Waals surface area (Å²) in [5.41, 5.74) is 3.74. The fourth-order valence-corrected chi connectivity index (χ4v) is 4.78. The molecule has 1 fully saturated rings. The van der Waals surface area contributed by atoms with Gasteiger partial charge in [0.05, 0.1) is 0 Å². The van der Waals surface area contributed by atoms with Crippen LogP contribution >= 0.6 is 23.1 Å². The van der Waals surface area contributed by atoms with E-state index in [1.807, 2.05) is 59.5 Å². The van der Waals surface area contributed by atoms with Gasteiger partial charge in [0, 0.05) is 43.3 Å². The summed E-state index contributed by atoms with van der Waals surface area (Å²) in [6.07, 6.45) is 1.59. The quantitative estimate of drug-likeness (QED) is 0.483. The van der Waals surface area contributed by atoms with E-state index in [0.29, 0.717) is 37.7 Å². The highest BCUT2D eigenvalue weighted by atomic mass is 35.5. The van der Waals surface area contributed by atoms with Gasteiger partial charge in [0.1, 0.15) is 22.2 Å². The summed E-state index contributed by atoms with van der Waals surface area (Å²) in [7, 11) is 0. The number of carbonyl (C=O) groups is 1. The van der Waals surface area contributed by atoms with Gasteiger partial charge in [-0.25, -0.2) is 14.8 Å². The van der Waals surface area contributed by atoms with Crippen LogP contribution in [-0.2, 0) is 6.54 Å². The van der Waals surface area contributed by atoms with Crippen LogP contribution in [0.15, 0.2) is 60.9 Å². The normalized spacial score (nSPS) is 14.0. The first-order chi connectivity index (χ1) is 15.7. The summed E-state index contributed by atoms with van der Waals surface area (Å²) in [6.45, 7) is 3.21. The largest absolute Gasteiger partial charge is 0.352 e. The second-order valence-electron chi connectivity index (χ2n) is 7.53. The minimum atomic E-state index is -0.0378. The van der Waals surface area contributed by atoms with Gasteiger partial charge in [-0.2, -0.15) is 4.37 Å². The van der Waals surface area contributed by atoms with E-state index in [1.165, 1.54) is 11.5 Å². The van der Waals surface area contributed by atoms with E-state index < -0.39 is 0 Å². The van der Waals surface area contributed by atoms with Crippen molar-refractivity contribution in [3.05, 3.63) is 71.5 Å². The van der Waals surface area contributed by atoms with Gasteiger partial charge < -0.3 is 15.1 Å². The molecule has 0 aliphatic carbocycles. The zero-order valence-corrected chi connectivity index (χ0v) is 18.8. The number of rotatable bonds is 4. The van der Waals surface area contributed by atoms with E-state index in [2.05, 4.69) is 24.6 Å². The number of aromatic nitrogens is 3. The smallest absolute Gasteiger partial charge is 0.317 e. The summed E-state index contributed by atoms with van der Waals surface area (Å²) in [4.78, 5) is 25.7. The molecule has 3 heterocycles. The lowest BCUT2D eigenvalue weighted by molar-refractivity contribution is 0.194. The lowest BCUT2D eigenvalue weighted by Crippen LogP contribution is -2.51. The number of hydrogen-bond acceptors (Lipinski definition) is 6. The van der Waals surface area contributed by atoms with E-state index in [-0.39, 0.29) is 6.03 Å². The van der Waals surface area contributed by atoms with Crippen LogP contribution in [0.1, 0.15) is 5.56 Å². The van der Waals surface area contributed by atoms with Gasteiger partial charge >= 0.3 is 6.03 Å². The number of piperazine rings is 1. The predicted octanol–water partition coefficient (Wildman–Crippen LogP) is 4.44. The number of amides is 2. The molecule has 0 atom stereocenters. The maximum absolute atomic E-state index is 12.6. The van der Waals surface area contributed by atoms with Crippen LogP contribution in [0.25, 0.3) is 21.5 Å². The zero-order valence-electron chi connectivity index (χ0n) is 17.2. The molecule has 9 heteroatoms. The summed E-state index contributed by atoms with van der Waals surface area (Å²) < 4.78 is 5.60. The van der Waals surface area contributed by atoms with Crippen molar-refractivity contribution in [2.24, 2.45) is 0 Å². The first-order valence-electron chi connectivity index (χ1n) is 10.4. The second-order valence-corrected chi connectivity index (χ2v) is 8.74. The Balaban J connectivity index is 1.27. The number of urea groups is 1. The standard InChI is InChI=1S/C23H21ClN6OS/c24-18-8-6-17(7-9-18)19-20-21(32-28-19)22(27-15-26-20)29-10-12-30(13-11-29)23(31)25-14-16-4-2-1-3-5-16/h1-9,15H,10-14H2,(H,25,31). The first-order valence-corrected chi connectivity index (χ1v) is 11.5. The Kier molecular flexibility index (Phi) is 5.87. The first kappa shape index (κ1) is 20.7. The highest BCUT2D eigenvalue weighted by Gasteiger charge is 2.24. The number of hydrogen-bond donors (Lipinski definition) is 1. The lowest BCUT2D eigenvalue weighted by atomic mass is 10.1. The Bertz CT molecular complexity index is 1220. The number of nitrogens with one attached hydrogen (secondary N) is 1. The Labute approximate surface area is 194 Å². The topological polar surface area (TPSA) is 74.2 Å². The minimum Gasteiger partial charge on any atom is -0.352 e. The monoisotopic (exact) mass is 464 g/mol. The van der Waals surface area contributed by atoms with Crippen LogP contribution in [0.2, 0.25) is 5.02 Å². The van der Waals surface area contributed by atoms with Crippen molar-refractivity contribution in [3.8, 4) is 11.3 Å². The molecule has 0 spiro atoms. The van der Waals surface area contributed by atoms with Crippen LogP contribution in [0.4, 0.5) is 10.6 Å². The van der Waals surface area contributed by atoms with Gasteiger partial charge in [0.15, 0.2) is 5.82 Å².